The second-order valence-corrected chi connectivity index (χ2v) is 3.13. The summed E-state index contributed by atoms with van der Waals surface area (Å²) in [6.07, 6.45) is 2.95. The van der Waals surface area contributed by atoms with E-state index in [-0.39, 0.29) is 0 Å². The molecular weight excluding hydrogens is 162 g/mol. The maximum Gasteiger partial charge on any atom is 0.126 e. The number of nitrogens with two attached hydrogens (primary N) is 1. The molecule has 0 aliphatic carbocycles. The maximum absolute atomic E-state index is 5.54. The average molecular weight is 179 g/mol. The number of nitrogens with zero attached hydrogens (tertiary/aromatic N) is 1. The van der Waals surface area contributed by atoms with Crippen LogP contribution in [0.15, 0.2) is 12.3 Å². The fourth-order valence-corrected chi connectivity index (χ4v) is 1.15. The molecule has 0 atom stereocenters. The van der Waals surface area contributed by atoms with Gasteiger partial charge < -0.3 is 11.1 Å². The zero-order chi connectivity index (χ0) is 9.68. The Morgan fingerprint density at radius 2 is 2.31 bits per heavy atom. The van der Waals surface area contributed by atoms with Gasteiger partial charge in [0.05, 0.1) is 0 Å². The Morgan fingerprint density at radius 1 is 1.54 bits per heavy atom. The van der Waals surface area contributed by atoms with Crippen LogP contribution in [-0.2, 0) is 6.54 Å². The summed E-state index contributed by atoms with van der Waals surface area (Å²) in [5, 5.41) is 3.23. The highest BCUT2D eigenvalue weighted by Crippen LogP contribution is 2.10. The molecule has 72 valence electrons. The van der Waals surface area contributed by atoms with Crippen molar-refractivity contribution in [2.45, 2.75) is 26.8 Å². The minimum absolute atomic E-state index is 0.562. The maximum atomic E-state index is 5.54. The van der Waals surface area contributed by atoms with Crippen molar-refractivity contribution in [3.05, 3.63) is 23.4 Å². The molecule has 0 saturated carbocycles. The van der Waals surface area contributed by atoms with E-state index in [1.54, 1.807) is 0 Å². The predicted molar refractivity (Wildman–Crippen MR) is 55.6 cm³/mol. The first kappa shape index (κ1) is 9.99. The van der Waals surface area contributed by atoms with E-state index in [1.807, 2.05) is 12.3 Å². The van der Waals surface area contributed by atoms with Crippen molar-refractivity contribution < 1.29 is 0 Å². The molecule has 0 bridgehead atoms. The molecule has 0 amide bonds. The van der Waals surface area contributed by atoms with E-state index >= 15 is 0 Å². The topological polar surface area (TPSA) is 50.9 Å². The molecule has 3 N–H and O–H groups in total. The summed E-state index contributed by atoms with van der Waals surface area (Å²) in [6.45, 7) is 5.72. The van der Waals surface area contributed by atoms with Crippen LogP contribution in [0.25, 0.3) is 0 Å². The largest absolute Gasteiger partial charge is 0.370 e. The van der Waals surface area contributed by atoms with Gasteiger partial charge in [0, 0.05) is 19.3 Å². The lowest BCUT2D eigenvalue weighted by Crippen LogP contribution is -2.05. The lowest BCUT2D eigenvalue weighted by atomic mass is 10.1. The Kier molecular flexibility index (Phi) is 3.71. The summed E-state index contributed by atoms with van der Waals surface area (Å²) in [4.78, 5) is 4.26. The van der Waals surface area contributed by atoms with E-state index < -0.39 is 0 Å². The van der Waals surface area contributed by atoms with Gasteiger partial charge in [-0.25, -0.2) is 4.98 Å². The van der Waals surface area contributed by atoms with Crippen LogP contribution >= 0.6 is 0 Å². The Balaban J connectivity index is 2.71. The quantitative estimate of drug-likeness (QED) is 0.739. The molecule has 0 spiro atoms. The number of anilines is 1. The summed E-state index contributed by atoms with van der Waals surface area (Å²) in [7, 11) is 0. The number of hydrogen-bond donors (Lipinski definition) is 2. The Hall–Kier alpha value is -1.09. The first-order chi connectivity index (χ1) is 6.27. The van der Waals surface area contributed by atoms with Gasteiger partial charge in [-0.3, -0.25) is 0 Å². The van der Waals surface area contributed by atoms with Gasteiger partial charge in [-0.2, -0.15) is 0 Å². The van der Waals surface area contributed by atoms with Gasteiger partial charge in [0.1, 0.15) is 5.82 Å². The average Bonchev–Trinajstić information content (AvgIpc) is 2.15. The van der Waals surface area contributed by atoms with Crippen LogP contribution in [0.3, 0.4) is 0 Å². The second-order valence-electron chi connectivity index (χ2n) is 3.13. The van der Waals surface area contributed by atoms with E-state index in [0.717, 1.165) is 24.3 Å². The van der Waals surface area contributed by atoms with E-state index in [1.165, 1.54) is 5.56 Å². The van der Waals surface area contributed by atoms with Gasteiger partial charge in [0.2, 0.25) is 0 Å². The molecular formula is C10H17N3. The first-order valence-electron chi connectivity index (χ1n) is 4.67. The number of hydrogen-bond acceptors (Lipinski definition) is 3. The van der Waals surface area contributed by atoms with Crippen LogP contribution in [0.4, 0.5) is 5.82 Å². The highest BCUT2D eigenvalue weighted by molar-refractivity contribution is 5.40. The van der Waals surface area contributed by atoms with Crippen LogP contribution in [0.2, 0.25) is 0 Å². The third-order valence-corrected chi connectivity index (χ3v) is 2.00. The highest BCUT2D eigenvalue weighted by atomic mass is 15.0. The smallest absolute Gasteiger partial charge is 0.126 e. The SMILES string of the molecule is CCCNc1cc(C)c(CN)cn1. The molecule has 0 unspecified atom stereocenters. The monoisotopic (exact) mass is 179 g/mol. The molecule has 0 fully saturated rings. The lowest BCUT2D eigenvalue weighted by Gasteiger charge is -2.07. The van der Waals surface area contributed by atoms with Crippen molar-refractivity contribution in [1.82, 2.24) is 4.98 Å². The number of aryl methyl sites for hydroxylation is 1. The molecule has 3 nitrogen and oxygen atoms in total. The molecule has 0 aliphatic rings. The zero-order valence-electron chi connectivity index (χ0n) is 8.30. The molecule has 3 heteroatoms. The lowest BCUT2D eigenvalue weighted by molar-refractivity contribution is 0.960. The van der Waals surface area contributed by atoms with Gasteiger partial charge in [-0.1, -0.05) is 6.92 Å². The second kappa shape index (κ2) is 4.82. The number of nitrogens with one attached hydrogen (secondary N) is 1. The Bertz CT molecular complexity index is 271. The van der Waals surface area contributed by atoms with Gasteiger partial charge in [-0.05, 0) is 30.5 Å². The van der Waals surface area contributed by atoms with Gasteiger partial charge in [-0.15, -0.1) is 0 Å². The molecule has 0 radical (unpaired) electrons. The summed E-state index contributed by atoms with van der Waals surface area (Å²) in [5.74, 6) is 0.941. The highest BCUT2D eigenvalue weighted by Gasteiger charge is 1.98. The summed E-state index contributed by atoms with van der Waals surface area (Å²) >= 11 is 0. The number of aromatic nitrogens is 1. The number of pyridine rings is 1. The standard InChI is InChI=1S/C10H17N3/c1-3-4-12-10-5-8(2)9(6-11)7-13-10/h5,7H,3-4,6,11H2,1-2H3,(H,12,13). The van der Waals surface area contributed by atoms with E-state index in [0.29, 0.717) is 6.54 Å². The van der Waals surface area contributed by atoms with Gasteiger partial charge >= 0.3 is 0 Å². The van der Waals surface area contributed by atoms with Crippen LogP contribution in [0.1, 0.15) is 24.5 Å². The summed E-state index contributed by atoms with van der Waals surface area (Å²) in [5.41, 5.74) is 7.86. The van der Waals surface area contributed by atoms with Crippen LogP contribution in [0.5, 0.6) is 0 Å². The van der Waals surface area contributed by atoms with Crippen LogP contribution in [-0.4, -0.2) is 11.5 Å². The molecule has 0 aliphatic heterocycles. The summed E-state index contributed by atoms with van der Waals surface area (Å²) < 4.78 is 0. The minimum Gasteiger partial charge on any atom is -0.370 e. The fraction of sp³-hybridized carbons (Fsp3) is 0.500. The third kappa shape index (κ3) is 2.70. The van der Waals surface area contributed by atoms with E-state index in [4.69, 9.17) is 5.73 Å². The normalized spacial score (nSPS) is 10.1. The Morgan fingerprint density at radius 3 is 2.85 bits per heavy atom. The van der Waals surface area contributed by atoms with Gasteiger partial charge in [0.15, 0.2) is 0 Å². The molecule has 1 rings (SSSR count). The molecule has 1 heterocycles. The van der Waals surface area contributed by atoms with Gasteiger partial charge in [0.25, 0.3) is 0 Å². The minimum atomic E-state index is 0.562. The van der Waals surface area contributed by atoms with Crippen molar-refractivity contribution in [3.63, 3.8) is 0 Å². The van der Waals surface area contributed by atoms with Crippen LogP contribution < -0.4 is 11.1 Å². The third-order valence-electron chi connectivity index (χ3n) is 2.00. The Labute approximate surface area is 79.4 Å². The first-order valence-corrected chi connectivity index (χ1v) is 4.67. The molecule has 0 aromatic carbocycles. The molecule has 13 heavy (non-hydrogen) atoms. The van der Waals surface area contributed by atoms with E-state index in [2.05, 4.69) is 24.1 Å². The van der Waals surface area contributed by atoms with E-state index in [9.17, 15) is 0 Å². The van der Waals surface area contributed by atoms with Crippen molar-refractivity contribution in [2.75, 3.05) is 11.9 Å². The zero-order valence-corrected chi connectivity index (χ0v) is 8.30. The predicted octanol–water partition coefficient (Wildman–Crippen LogP) is 1.67. The molecule has 1 aromatic rings. The van der Waals surface area contributed by atoms with Crippen molar-refractivity contribution in [2.24, 2.45) is 5.73 Å². The molecule has 0 saturated heterocycles. The van der Waals surface area contributed by atoms with Crippen LogP contribution in [0, 0.1) is 6.92 Å². The van der Waals surface area contributed by atoms with Crippen molar-refractivity contribution >= 4 is 5.82 Å². The number of rotatable bonds is 4. The summed E-state index contributed by atoms with van der Waals surface area (Å²) in [6, 6.07) is 2.04. The molecule has 1 aromatic heterocycles. The van der Waals surface area contributed by atoms with Crippen molar-refractivity contribution in [1.29, 1.82) is 0 Å². The van der Waals surface area contributed by atoms with Crippen molar-refractivity contribution in [3.8, 4) is 0 Å². The fourth-order valence-electron chi connectivity index (χ4n) is 1.15.